The third-order valence-electron chi connectivity index (χ3n) is 8.82. The quantitative estimate of drug-likeness (QED) is 0.0449. The summed E-state index contributed by atoms with van der Waals surface area (Å²) in [7, 11) is -4.62. The molecule has 0 N–H and O–H groups in total. The highest BCUT2D eigenvalue weighted by molar-refractivity contribution is 8.04. The Labute approximate surface area is 314 Å². The molecule has 0 saturated heterocycles. The molecule has 0 amide bonds. The predicted molar refractivity (Wildman–Crippen MR) is 206 cm³/mol. The molecular formula is C41H29N2O5S4-. The number of rotatable bonds is 10. The Hall–Kier alpha value is -4.72. The first-order valence-corrected chi connectivity index (χ1v) is 20.1. The molecule has 52 heavy (non-hydrogen) atoms. The average Bonchev–Trinajstić information content (AvgIpc) is 3.68. The second kappa shape index (κ2) is 14.7. The number of thiazole rings is 1. The zero-order valence-corrected chi connectivity index (χ0v) is 30.7. The van der Waals surface area contributed by atoms with Crippen molar-refractivity contribution in [3.8, 4) is 22.3 Å². The molecule has 1 aliphatic heterocycles. The minimum atomic E-state index is -4.62. The Bertz CT molecular complexity index is 2560. The second-order valence-electron chi connectivity index (χ2n) is 12.2. The van der Waals surface area contributed by atoms with Crippen molar-refractivity contribution in [2.45, 2.75) is 27.8 Å². The standard InChI is InChI=1S/C41H30N2O5S4/c44-48-51-34-15-7-9-28(21-34)26-42-36-23-32(30-11-3-1-4-12-30)17-19-38(36)49-40(42)25-41-43(27-29-10-8-16-35(22-29)52(45,46)47)37-24-33(18-20-39(37)50-41)31-13-5-2-6-14-31/h1-25H,26-27H2,(H-,44,45,46,47)/p-1. The lowest BCUT2D eigenvalue weighted by molar-refractivity contribution is -0.659. The molecular weight excluding hydrogens is 729 g/mol. The van der Waals surface area contributed by atoms with Crippen LogP contribution < -0.4 is 14.7 Å². The minimum absolute atomic E-state index is 0.250. The van der Waals surface area contributed by atoms with Crippen LogP contribution in [-0.4, -0.2) is 13.0 Å². The summed E-state index contributed by atoms with van der Waals surface area (Å²) in [6.45, 7) is 0.898. The first-order chi connectivity index (χ1) is 25.3. The van der Waals surface area contributed by atoms with Crippen molar-refractivity contribution in [3.63, 3.8) is 0 Å². The van der Waals surface area contributed by atoms with Gasteiger partial charge < -0.3 is 19.0 Å². The smallest absolute Gasteiger partial charge is 0.265 e. The van der Waals surface area contributed by atoms with Crippen molar-refractivity contribution in [1.29, 1.82) is 0 Å². The van der Waals surface area contributed by atoms with Crippen molar-refractivity contribution in [2.24, 2.45) is 0 Å². The van der Waals surface area contributed by atoms with E-state index in [-0.39, 0.29) is 4.90 Å². The largest absolute Gasteiger partial charge is 0.744 e. The number of thioether (sulfide) groups is 1. The van der Waals surface area contributed by atoms with Crippen LogP contribution in [0.5, 0.6) is 0 Å². The molecule has 8 rings (SSSR count). The number of aromatic nitrogens is 1. The number of nitrogens with zero attached hydrogens (tertiary/aromatic N) is 2. The van der Waals surface area contributed by atoms with Gasteiger partial charge in [0.15, 0.2) is 6.54 Å². The highest BCUT2D eigenvalue weighted by Gasteiger charge is 2.29. The van der Waals surface area contributed by atoms with Gasteiger partial charge in [0, 0.05) is 40.0 Å². The summed E-state index contributed by atoms with van der Waals surface area (Å²) in [5, 5.41) is 12.9. The monoisotopic (exact) mass is 757 g/mol. The normalized spacial score (nSPS) is 13.6. The van der Waals surface area contributed by atoms with E-state index in [0.29, 0.717) is 18.7 Å². The molecule has 1 aromatic heterocycles. The van der Waals surface area contributed by atoms with Gasteiger partial charge in [-0.25, -0.2) is 8.42 Å². The fraction of sp³-hybridized carbons (Fsp3) is 0.0488. The predicted octanol–water partition coefficient (Wildman–Crippen LogP) is 8.89. The maximum atomic E-state index is 12.0. The molecule has 0 bridgehead atoms. The van der Waals surface area contributed by atoms with Gasteiger partial charge in [-0.05, 0) is 70.3 Å². The highest BCUT2D eigenvalue weighted by Crippen LogP contribution is 2.49. The summed E-state index contributed by atoms with van der Waals surface area (Å²) in [5.41, 5.74) is 8.16. The fourth-order valence-corrected chi connectivity index (χ4v) is 9.55. The van der Waals surface area contributed by atoms with Crippen LogP contribution in [0.25, 0.3) is 38.5 Å². The van der Waals surface area contributed by atoms with E-state index in [9.17, 15) is 18.2 Å². The number of anilines is 1. The molecule has 258 valence electrons. The second-order valence-corrected chi connectivity index (χ2v) is 16.5. The molecule has 7 aromatic rings. The van der Waals surface area contributed by atoms with Gasteiger partial charge in [-0.1, -0.05) is 120 Å². The van der Waals surface area contributed by atoms with E-state index >= 15 is 0 Å². The Morgan fingerprint density at radius 3 is 2.15 bits per heavy atom. The molecule has 0 spiro atoms. The van der Waals surface area contributed by atoms with Gasteiger partial charge in [0.2, 0.25) is 5.52 Å². The van der Waals surface area contributed by atoms with Gasteiger partial charge in [0.25, 0.3) is 5.01 Å². The molecule has 0 fully saturated rings. The third kappa shape index (κ3) is 7.30. The van der Waals surface area contributed by atoms with Crippen LogP contribution in [0.15, 0.2) is 165 Å². The van der Waals surface area contributed by atoms with Crippen LogP contribution in [0, 0.1) is 0 Å². The molecule has 1 aliphatic rings. The third-order valence-corrected chi connectivity index (χ3v) is 12.4. The summed E-state index contributed by atoms with van der Waals surface area (Å²) in [6.07, 6.45) is 2.19. The van der Waals surface area contributed by atoms with Gasteiger partial charge in [0.05, 0.1) is 21.7 Å². The molecule has 6 aromatic carbocycles. The van der Waals surface area contributed by atoms with Crippen molar-refractivity contribution in [1.82, 2.24) is 0 Å². The van der Waals surface area contributed by atoms with Gasteiger partial charge in [-0.2, -0.15) is 4.57 Å². The zero-order valence-electron chi connectivity index (χ0n) is 27.4. The van der Waals surface area contributed by atoms with Crippen molar-refractivity contribution >= 4 is 67.2 Å². The molecule has 0 unspecified atom stereocenters. The van der Waals surface area contributed by atoms with Gasteiger partial charge in [0.1, 0.15) is 14.8 Å². The number of benzene rings is 6. The summed E-state index contributed by atoms with van der Waals surface area (Å²) in [4.78, 5) is 3.89. The van der Waals surface area contributed by atoms with E-state index < -0.39 is 10.1 Å². The molecule has 0 radical (unpaired) electrons. The molecule has 0 saturated carbocycles. The van der Waals surface area contributed by atoms with E-state index in [1.54, 1.807) is 29.2 Å². The summed E-state index contributed by atoms with van der Waals surface area (Å²) in [5.74, 6) is 0. The van der Waals surface area contributed by atoms with E-state index in [1.165, 1.54) is 12.1 Å². The molecule has 0 aliphatic carbocycles. The number of hydrogen-bond donors (Lipinski definition) is 0. The summed E-state index contributed by atoms with van der Waals surface area (Å²) < 4.78 is 43.3. The van der Waals surface area contributed by atoms with Gasteiger partial charge in [-0.15, -0.1) is 0 Å². The fourth-order valence-electron chi connectivity index (χ4n) is 6.37. The molecule has 2 heterocycles. The summed E-state index contributed by atoms with van der Waals surface area (Å²) >= 11 is 4.13. The van der Waals surface area contributed by atoms with Crippen LogP contribution >= 0.6 is 35.1 Å². The molecule has 7 nitrogen and oxygen atoms in total. The van der Waals surface area contributed by atoms with Crippen LogP contribution in [-0.2, 0) is 27.5 Å². The maximum Gasteiger partial charge on any atom is 0.265 e. The summed E-state index contributed by atoms with van der Waals surface area (Å²) in [6, 6.07) is 47.4. The molecule has 11 heteroatoms. The number of fused-ring (bicyclic) bond motifs is 2. The van der Waals surface area contributed by atoms with E-state index in [4.69, 9.17) is 0 Å². The Morgan fingerprint density at radius 2 is 1.42 bits per heavy atom. The van der Waals surface area contributed by atoms with Gasteiger partial charge >= 0.3 is 0 Å². The highest BCUT2D eigenvalue weighted by atomic mass is 32.2. The van der Waals surface area contributed by atoms with Crippen molar-refractivity contribution < 1.29 is 27.1 Å². The maximum absolute atomic E-state index is 12.0. The minimum Gasteiger partial charge on any atom is -0.744 e. The first kappa shape index (κ1) is 34.4. The zero-order chi connectivity index (χ0) is 35.7. The van der Waals surface area contributed by atoms with Crippen LogP contribution in [0.4, 0.5) is 5.69 Å². The van der Waals surface area contributed by atoms with Gasteiger partial charge in [-0.3, -0.25) is 0 Å². The molecule has 0 atom stereocenters. The van der Waals surface area contributed by atoms with Crippen LogP contribution in [0.2, 0.25) is 0 Å². The van der Waals surface area contributed by atoms with E-state index in [2.05, 4.69) is 80.5 Å². The lowest BCUT2D eigenvalue weighted by Crippen LogP contribution is -2.36. The van der Waals surface area contributed by atoms with Crippen LogP contribution in [0.1, 0.15) is 16.1 Å². The lowest BCUT2D eigenvalue weighted by atomic mass is 10.0. The Kier molecular flexibility index (Phi) is 9.73. The van der Waals surface area contributed by atoms with Crippen molar-refractivity contribution in [3.05, 3.63) is 167 Å². The first-order valence-electron chi connectivity index (χ1n) is 16.3. The van der Waals surface area contributed by atoms with Crippen molar-refractivity contribution in [2.75, 3.05) is 4.90 Å². The van der Waals surface area contributed by atoms with E-state index in [0.717, 1.165) is 75.6 Å². The Balaban J connectivity index is 1.27. The Morgan fingerprint density at radius 1 is 0.731 bits per heavy atom. The van der Waals surface area contributed by atoms with Crippen LogP contribution in [0.3, 0.4) is 0 Å². The number of hydrogen-bond acceptors (Lipinski definition) is 9. The van der Waals surface area contributed by atoms with E-state index in [1.807, 2.05) is 66.7 Å². The topological polar surface area (TPSA) is 96.6 Å². The average molecular weight is 758 g/mol. The SMILES string of the molecule is O=S(=O)([O-])c1cccc(C[n+]2c(C=C3Sc4ccc(-c5ccccc5)cc4N3Cc3cccc(SO[O-])c3)sc3ccc(-c4ccccc4)cc32)c1. The lowest BCUT2D eigenvalue weighted by Gasteiger charge is -2.21.